The molecule has 1 amide bonds. The van der Waals surface area contributed by atoms with Gasteiger partial charge < -0.3 is 20.5 Å². The van der Waals surface area contributed by atoms with Gasteiger partial charge >= 0.3 is 6.09 Å². The van der Waals surface area contributed by atoms with Gasteiger partial charge in [0.1, 0.15) is 17.2 Å². The molecule has 2 aromatic heterocycles. The van der Waals surface area contributed by atoms with Crippen LogP contribution in [0.5, 0.6) is 5.75 Å². The van der Waals surface area contributed by atoms with E-state index < -0.39 is 11.7 Å². The highest BCUT2D eigenvalue weighted by molar-refractivity contribution is 5.71. The number of aryl methyl sites for hydroxylation is 1. The van der Waals surface area contributed by atoms with Crippen molar-refractivity contribution in [1.82, 2.24) is 20.5 Å². The molecule has 4 N–H and O–H groups in total. The summed E-state index contributed by atoms with van der Waals surface area (Å²) in [5, 5.41) is 9.64. The average Bonchev–Trinajstić information content (AvgIpc) is 2.98. The van der Waals surface area contributed by atoms with Crippen LogP contribution in [0.25, 0.3) is 11.3 Å². The van der Waals surface area contributed by atoms with Crippen molar-refractivity contribution in [3.63, 3.8) is 0 Å². The number of nitrogens with zero attached hydrogens (tertiary/aromatic N) is 2. The van der Waals surface area contributed by atoms with Crippen molar-refractivity contribution in [3.05, 3.63) is 24.0 Å². The molecule has 2 heterocycles. The lowest BCUT2D eigenvalue weighted by Crippen LogP contribution is -2.33. The van der Waals surface area contributed by atoms with E-state index in [9.17, 15) is 4.79 Å². The summed E-state index contributed by atoms with van der Waals surface area (Å²) in [5.41, 5.74) is 7.75. The third kappa shape index (κ3) is 5.65. The van der Waals surface area contributed by atoms with Gasteiger partial charge in [0.25, 0.3) is 0 Å². The molecular weight excluding hydrogens is 334 g/mol. The topological polar surface area (TPSA) is 115 Å². The van der Waals surface area contributed by atoms with E-state index in [2.05, 4.69) is 20.5 Å². The zero-order valence-electron chi connectivity index (χ0n) is 15.8. The number of anilines is 1. The van der Waals surface area contributed by atoms with Gasteiger partial charge in [-0.1, -0.05) is 0 Å². The number of hydrogen-bond acceptors (Lipinski definition) is 6. The summed E-state index contributed by atoms with van der Waals surface area (Å²) in [5.74, 6) is 1.13. The molecular formula is C18H27N5O3. The van der Waals surface area contributed by atoms with Crippen LogP contribution in [0.4, 0.5) is 10.6 Å². The summed E-state index contributed by atoms with van der Waals surface area (Å²) in [4.78, 5) is 16.1. The number of pyridine rings is 1. The second kappa shape index (κ2) is 8.55. The molecule has 8 nitrogen and oxygen atoms in total. The Morgan fingerprint density at radius 1 is 1.35 bits per heavy atom. The predicted octanol–water partition coefficient (Wildman–Crippen LogP) is 2.91. The molecule has 0 saturated heterocycles. The number of carbonyl (C=O) groups excluding carboxylic acids is 1. The van der Waals surface area contributed by atoms with E-state index in [1.807, 2.05) is 20.8 Å². The molecule has 0 radical (unpaired) electrons. The zero-order valence-corrected chi connectivity index (χ0v) is 15.8. The van der Waals surface area contributed by atoms with Gasteiger partial charge in [0.2, 0.25) is 0 Å². The van der Waals surface area contributed by atoms with E-state index >= 15 is 0 Å². The Kier molecular flexibility index (Phi) is 6.43. The van der Waals surface area contributed by atoms with Crippen molar-refractivity contribution in [2.45, 2.75) is 45.6 Å². The second-order valence-corrected chi connectivity index (χ2v) is 6.93. The monoisotopic (exact) mass is 361 g/mol. The number of aromatic nitrogens is 3. The maximum Gasteiger partial charge on any atom is 0.407 e. The summed E-state index contributed by atoms with van der Waals surface area (Å²) < 4.78 is 10.7. The Labute approximate surface area is 153 Å². The molecule has 0 aliphatic heterocycles. The summed E-state index contributed by atoms with van der Waals surface area (Å²) in [7, 11) is 1.62. The van der Waals surface area contributed by atoms with Crippen LogP contribution in [0.15, 0.2) is 18.3 Å². The maximum absolute atomic E-state index is 11.6. The van der Waals surface area contributed by atoms with Gasteiger partial charge in [-0.3, -0.25) is 10.1 Å². The van der Waals surface area contributed by atoms with Gasteiger partial charge in [0, 0.05) is 18.8 Å². The van der Waals surface area contributed by atoms with Crippen molar-refractivity contribution in [2.75, 3.05) is 19.4 Å². The molecule has 0 bridgehead atoms. The Morgan fingerprint density at radius 3 is 2.73 bits per heavy atom. The van der Waals surface area contributed by atoms with E-state index in [4.69, 9.17) is 15.2 Å². The number of carbonyl (C=O) groups is 1. The SMILES string of the molecule is COc1ccnc(CCCCNC(=O)OC(C)(C)C)c1-c1cc(N)n[nH]1. The average molecular weight is 361 g/mol. The van der Waals surface area contributed by atoms with E-state index in [1.54, 1.807) is 25.4 Å². The molecule has 8 heteroatoms. The molecule has 0 aromatic carbocycles. The van der Waals surface area contributed by atoms with Crippen LogP contribution in [0.1, 0.15) is 39.3 Å². The first-order chi connectivity index (χ1) is 12.3. The number of nitrogens with two attached hydrogens (primary N) is 1. The molecule has 0 fully saturated rings. The van der Waals surface area contributed by atoms with Gasteiger partial charge in [-0.15, -0.1) is 0 Å². The van der Waals surface area contributed by atoms with Crippen LogP contribution in [0.3, 0.4) is 0 Å². The van der Waals surface area contributed by atoms with Crippen LogP contribution in [-0.2, 0) is 11.2 Å². The molecule has 2 aromatic rings. The summed E-state index contributed by atoms with van der Waals surface area (Å²) in [6, 6.07) is 3.56. The zero-order chi connectivity index (χ0) is 19.2. The summed E-state index contributed by atoms with van der Waals surface area (Å²) >= 11 is 0. The number of methoxy groups -OCH3 is 1. The molecule has 0 aliphatic carbocycles. The van der Waals surface area contributed by atoms with Gasteiger partial charge in [-0.25, -0.2) is 4.79 Å². The first kappa shape index (κ1) is 19.6. The van der Waals surface area contributed by atoms with Crippen molar-refractivity contribution < 1.29 is 14.3 Å². The molecule has 0 atom stereocenters. The van der Waals surface area contributed by atoms with Crippen LogP contribution >= 0.6 is 0 Å². The number of ether oxygens (including phenoxy) is 2. The standard InChI is InChI=1S/C18H27N5O3/c1-18(2,3)26-17(24)21-9-6-5-7-12-16(13-11-15(19)23-22-13)14(25-4)8-10-20-12/h8,10-11H,5-7,9H2,1-4H3,(H,21,24)(H3,19,22,23). The largest absolute Gasteiger partial charge is 0.496 e. The van der Waals surface area contributed by atoms with Crippen LogP contribution < -0.4 is 15.8 Å². The third-order valence-electron chi connectivity index (χ3n) is 3.59. The molecule has 26 heavy (non-hydrogen) atoms. The van der Waals surface area contributed by atoms with Crippen molar-refractivity contribution >= 4 is 11.9 Å². The second-order valence-electron chi connectivity index (χ2n) is 6.93. The fourth-order valence-electron chi connectivity index (χ4n) is 2.52. The van der Waals surface area contributed by atoms with E-state index in [0.717, 1.165) is 36.2 Å². The lowest BCUT2D eigenvalue weighted by molar-refractivity contribution is 0.0527. The van der Waals surface area contributed by atoms with Gasteiger partial charge in [0.05, 0.1) is 24.1 Å². The van der Waals surface area contributed by atoms with E-state index in [0.29, 0.717) is 18.1 Å². The minimum absolute atomic E-state index is 0.398. The normalized spacial score (nSPS) is 11.2. The quantitative estimate of drug-likeness (QED) is 0.653. The highest BCUT2D eigenvalue weighted by Crippen LogP contribution is 2.32. The lowest BCUT2D eigenvalue weighted by atomic mass is 10.0. The number of amides is 1. The van der Waals surface area contributed by atoms with Gasteiger partial charge in [0.15, 0.2) is 0 Å². The smallest absolute Gasteiger partial charge is 0.407 e. The van der Waals surface area contributed by atoms with Crippen molar-refractivity contribution in [1.29, 1.82) is 0 Å². The molecule has 142 valence electrons. The molecule has 0 aliphatic rings. The molecule has 2 rings (SSSR count). The van der Waals surface area contributed by atoms with Gasteiger partial charge in [-0.05, 0) is 46.1 Å². The molecule has 0 spiro atoms. The third-order valence-corrected chi connectivity index (χ3v) is 3.59. The highest BCUT2D eigenvalue weighted by atomic mass is 16.6. The maximum atomic E-state index is 11.6. The van der Waals surface area contributed by atoms with Crippen LogP contribution in [0.2, 0.25) is 0 Å². The summed E-state index contributed by atoms with van der Waals surface area (Å²) in [6.07, 6.45) is 3.72. The summed E-state index contributed by atoms with van der Waals surface area (Å²) in [6.45, 7) is 6.06. The number of nitrogens with one attached hydrogen (secondary N) is 2. The van der Waals surface area contributed by atoms with Crippen molar-refractivity contribution in [3.8, 4) is 17.0 Å². The first-order valence-corrected chi connectivity index (χ1v) is 8.60. The molecule has 0 saturated carbocycles. The number of aromatic amines is 1. The molecule has 0 unspecified atom stereocenters. The minimum Gasteiger partial charge on any atom is -0.496 e. The number of nitrogen functional groups attached to an aromatic ring is 1. The Bertz CT molecular complexity index is 737. The fourth-order valence-corrected chi connectivity index (χ4v) is 2.52. The van der Waals surface area contributed by atoms with E-state index in [1.165, 1.54) is 0 Å². The Morgan fingerprint density at radius 2 is 2.12 bits per heavy atom. The Balaban J connectivity index is 1.93. The fraction of sp³-hybridized carbons (Fsp3) is 0.500. The Hall–Kier alpha value is -2.77. The number of H-pyrrole nitrogens is 1. The van der Waals surface area contributed by atoms with Crippen LogP contribution in [-0.4, -0.2) is 40.5 Å². The van der Waals surface area contributed by atoms with Gasteiger partial charge in [-0.2, -0.15) is 5.10 Å². The number of rotatable bonds is 7. The number of alkyl carbamates (subject to hydrolysis) is 1. The predicted molar refractivity (Wildman–Crippen MR) is 100.0 cm³/mol. The highest BCUT2D eigenvalue weighted by Gasteiger charge is 2.16. The van der Waals surface area contributed by atoms with E-state index in [-0.39, 0.29) is 0 Å². The number of unbranched alkanes of at least 4 members (excludes halogenated alkanes) is 1. The van der Waals surface area contributed by atoms with Crippen LogP contribution in [0, 0.1) is 0 Å². The first-order valence-electron chi connectivity index (χ1n) is 8.60. The minimum atomic E-state index is -0.491. The van der Waals surface area contributed by atoms with Crippen molar-refractivity contribution in [2.24, 2.45) is 0 Å². The number of hydrogen-bond donors (Lipinski definition) is 3. The lowest BCUT2D eigenvalue weighted by Gasteiger charge is -2.19.